The fourth-order valence-electron chi connectivity index (χ4n) is 2.74. The number of carbonyl (C=O) groups excluding carboxylic acids is 1. The summed E-state index contributed by atoms with van der Waals surface area (Å²) < 4.78 is 0. The molecule has 1 heterocycles. The van der Waals surface area contributed by atoms with Crippen molar-refractivity contribution in [3.8, 4) is 0 Å². The molecule has 7 nitrogen and oxygen atoms in total. The van der Waals surface area contributed by atoms with E-state index in [9.17, 15) is 14.9 Å². The lowest BCUT2D eigenvalue weighted by molar-refractivity contribution is -0.384. The summed E-state index contributed by atoms with van der Waals surface area (Å²) >= 11 is 0. The Bertz CT molecular complexity index is 617. The third kappa shape index (κ3) is 4.67. The van der Waals surface area contributed by atoms with Crippen LogP contribution in [-0.4, -0.2) is 36.0 Å². The SMILES string of the molecule is CC1CCN(c2ccc(C(=O)NCC(C)(C)N)cc2[N+](=O)[O-])CC1. The number of nitrogens with zero attached hydrogens (tertiary/aromatic N) is 2. The Morgan fingerprint density at radius 3 is 2.58 bits per heavy atom. The quantitative estimate of drug-likeness (QED) is 0.635. The molecule has 0 saturated carbocycles. The van der Waals surface area contributed by atoms with Crippen molar-refractivity contribution in [2.75, 3.05) is 24.5 Å². The smallest absolute Gasteiger partial charge is 0.293 e. The average Bonchev–Trinajstić information content (AvgIpc) is 2.52. The number of anilines is 1. The summed E-state index contributed by atoms with van der Waals surface area (Å²) in [7, 11) is 0. The van der Waals surface area contributed by atoms with Crippen LogP contribution in [0.5, 0.6) is 0 Å². The van der Waals surface area contributed by atoms with Crippen LogP contribution in [0.1, 0.15) is 44.0 Å². The van der Waals surface area contributed by atoms with E-state index in [1.54, 1.807) is 26.0 Å². The molecule has 0 radical (unpaired) electrons. The molecule has 7 heteroatoms. The van der Waals surface area contributed by atoms with Gasteiger partial charge in [-0.15, -0.1) is 0 Å². The molecule has 2 rings (SSSR count). The van der Waals surface area contributed by atoms with Crippen LogP contribution < -0.4 is 16.0 Å². The van der Waals surface area contributed by atoms with Gasteiger partial charge in [-0.3, -0.25) is 14.9 Å². The highest BCUT2D eigenvalue weighted by Gasteiger charge is 2.25. The van der Waals surface area contributed by atoms with E-state index in [1.807, 2.05) is 4.90 Å². The van der Waals surface area contributed by atoms with E-state index in [1.165, 1.54) is 6.07 Å². The van der Waals surface area contributed by atoms with Gasteiger partial charge in [0.2, 0.25) is 0 Å². The minimum Gasteiger partial charge on any atom is -0.366 e. The molecule has 0 aliphatic carbocycles. The Morgan fingerprint density at radius 2 is 2.04 bits per heavy atom. The van der Waals surface area contributed by atoms with E-state index in [4.69, 9.17) is 5.73 Å². The molecule has 1 fully saturated rings. The number of hydrogen-bond acceptors (Lipinski definition) is 5. The third-order valence-electron chi connectivity index (χ3n) is 4.26. The lowest BCUT2D eigenvalue weighted by atomic mass is 9.98. The molecule has 0 aromatic heterocycles. The van der Waals surface area contributed by atoms with Crippen molar-refractivity contribution in [2.24, 2.45) is 11.7 Å². The summed E-state index contributed by atoms with van der Waals surface area (Å²) in [6.07, 6.45) is 2.04. The number of piperidine rings is 1. The molecule has 3 N–H and O–H groups in total. The van der Waals surface area contributed by atoms with Gasteiger partial charge in [0.1, 0.15) is 5.69 Å². The van der Waals surface area contributed by atoms with Crippen molar-refractivity contribution >= 4 is 17.3 Å². The first-order valence-electron chi connectivity index (χ1n) is 8.28. The number of nitrogens with two attached hydrogens (primary N) is 1. The van der Waals surface area contributed by atoms with Crippen molar-refractivity contribution in [1.29, 1.82) is 0 Å². The van der Waals surface area contributed by atoms with Crippen LogP contribution in [0.4, 0.5) is 11.4 Å². The standard InChI is InChI=1S/C17H26N4O3/c1-12-6-8-20(9-7-12)14-5-4-13(10-15(14)21(23)24)16(22)19-11-17(2,3)18/h4-5,10,12H,6-9,11,18H2,1-3H3,(H,19,22). The van der Waals surface area contributed by atoms with Crippen LogP contribution in [0.3, 0.4) is 0 Å². The van der Waals surface area contributed by atoms with E-state index in [0.717, 1.165) is 25.9 Å². The van der Waals surface area contributed by atoms with Crippen molar-refractivity contribution < 1.29 is 9.72 Å². The van der Waals surface area contributed by atoms with Gasteiger partial charge in [0.05, 0.1) is 4.92 Å². The predicted molar refractivity (Wildman–Crippen MR) is 94.3 cm³/mol. The Labute approximate surface area is 142 Å². The van der Waals surface area contributed by atoms with Crippen molar-refractivity contribution in [1.82, 2.24) is 5.32 Å². The van der Waals surface area contributed by atoms with Crippen LogP contribution in [0.25, 0.3) is 0 Å². The van der Waals surface area contributed by atoms with E-state index in [0.29, 0.717) is 18.2 Å². The van der Waals surface area contributed by atoms with Crippen LogP contribution in [0.15, 0.2) is 18.2 Å². The number of hydrogen-bond donors (Lipinski definition) is 2. The molecular formula is C17H26N4O3. The highest BCUT2D eigenvalue weighted by Crippen LogP contribution is 2.32. The second kappa shape index (κ2) is 7.17. The maximum Gasteiger partial charge on any atom is 0.293 e. The number of amides is 1. The number of carbonyl (C=O) groups is 1. The Hall–Kier alpha value is -2.15. The zero-order valence-electron chi connectivity index (χ0n) is 14.5. The van der Waals surface area contributed by atoms with E-state index in [-0.39, 0.29) is 17.2 Å². The summed E-state index contributed by atoms with van der Waals surface area (Å²) in [5, 5.41) is 14.2. The van der Waals surface area contributed by atoms with Crippen LogP contribution >= 0.6 is 0 Å². The normalized spacial score (nSPS) is 16.1. The predicted octanol–water partition coefficient (Wildman–Crippen LogP) is 2.30. The summed E-state index contributed by atoms with van der Waals surface area (Å²) in [6, 6.07) is 4.67. The van der Waals surface area contributed by atoms with Gasteiger partial charge in [-0.25, -0.2) is 0 Å². The van der Waals surface area contributed by atoms with Gasteiger partial charge >= 0.3 is 0 Å². The molecule has 1 saturated heterocycles. The number of benzene rings is 1. The second-order valence-electron chi connectivity index (χ2n) is 7.30. The topological polar surface area (TPSA) is 102 Å². The number of nitro groups is 1. The van der Waals surface area contributed by atoms with Gasteiger partial charge in [-0.05, 0) is 44.7 Å². The van der Waals surface area contributed by atoms with E-state index >= 15 is 0 Å². The number of nitrogens with one attached hydrogen (secondary N) is 1. The van der Waals surface area contributed by atoms with Crippen LogP contribution in [-0.2, 0) is 0 Å². The first kappa shape index (κ1) is 18.2. The first-order valence-corrected chi connectivity index (χ1v) is 8.28. The molecule has 0 atom stereocenters. The molecule has 132 valence electrons. The highest BCUT2D eigenvalue weighted by molar-refractivity contribution is 5.95. The van der Waals surface area contributed by atoms with E-state index in [2.05, 4.69) is 12.2 Å². The highest BCUT2D eigenvalue weighted by atomic mass is 16.6. The monoisotopic (exact) mass is 334 g/mol. The molecule has 24 heavy (non-hydrogen) atoms. The maximum absolute atomic E-state index is 12.2. The molecular weight excluding hydrogens is 308 g/mol. The average molecular weight is 334 g/mol. The third-order valence-corrected chi connectivity index (χ3v) is 4.26. The van der Waals surface area contributed by atoms with Crippen LogP contribution in [0.2, 0.25) is 0 Å². The van der Waals surface area contributed by atoms with Gasteiger partial charge in [0.15, 0.2) is 0 Å². The Balaban J connectivity index is 2.20. The minimum atomic E-state index is -0.536. The van der Waals surface area contributed by atoms with Crippen LogP contribution in [0, 0.1) is 16.0 Å². The fourth-order valence-corrected chi connectivity index (χ4v) is 2.74. The zero-order chi connectivity index (χ0) is 17.9. The summed E-state index contributed by atoms with van der Waals surface area (Å²) in [5.74, 6) is 0.292. The number of rotatable bonds is 5. The van der Waals surface area contributed by atoms with Gasteiger partial charge < -0.3 is 16.0 Å². The fraction of sp³-hybridized carbons (Fsp3) is 0.588. The molecule has 1 aromatic carbocycles. The molecule has 0 unspecified atom stereocenters. The maximum atomic E-state index is 12.2. The Kier molecular flexibility index (Phi) is 5.43. The largest absolute Gasteiger partial charge is 0.366 e. The van der Waals surface area contributed by atoms with Gasteiger partial charge in [-0.1, -0.05) is 6.92 Å². The zero-order valence-corrected chi connectivity index (χ0v) is 14.5. The van der Waals surface area contributed by atoms with Gasteiger partial charge in [0.25, 0.3) is 11.6 Å². The second-order valence-corrected chi connectivity index (χ2v) is 7.30. The molecule has 1 aliphatic heterocycles. The summed E-state index contributed by atoms with van der Waals surface area (Å²) in [6.45, 7) is 7.69. The lowest BCUT2D eigenvalue weighted by Crippen LogP contribution is -2.45. The Morgan fingerprint density at radius 1 is 1.42 bits per heavy atom. The summed E-state index contributed by atoms with van der Waals surface area (Å²) in [5.41, 5.74) is 6.15. The van der Waals surface area contributed by atoms with Crippen molar-refractivity contribution in [3.05, 3.63) is 33.9 Å². The minimum absolute atomic E-state index is 0.0239. The molecule has 1 aromatic rings. The molecule has 0 bridgehead atoms. The summed E-state index contributed by atoms with van der Waals surface area (Å²) in [4.78, 5) is 25.3. The van der Waals surface area contributed by atoms with Gasteiger partial charge in [-0.2, -0.15) is 0 Å². The number of nitro benzene ring substituents is 1. The molecule has 0 spiro atoms. The first-order chi connectivity index (χ1) is 11.2. The van der Waals surface area contributed by atoms with Crippen molar-refractivity contribution in [3.63, 3.8) is 0 Å². The lowest BCUT2D eigenvalue weighted by Gasteiger charge is -2.31. The van der Waals surface area contributed by atoms with Crippen molar-refractivity contribution in [2.45, 2.75) is 39.2 Å². The van der Waals surface area contributed by atoms with Gasteiger partial charge in [0, 0.05) is 36.8 Å². The molecule has 1 aliphatic rings. The van der Waals surface area contributed by atoms with E-state index < -0.39 is 10.5 Å². The molecule has 1 amide bonds.